The van der Waals surface area contributed by atoms with Gasteiger partial charge in [-0.25, -0.2) is 4.52 Å². The third-order valence-electron chi connectivity index (χ3n) is 5.36. The molecule has 3 heterocycles. The zero-order chi connectivity index (χ0) is 20.4. The van der Waals surface area contributed by atoms with E-state index < -0.39 is 0 Å². The standard InChI is InChI=1S/C22H27N5O2/c1-14(2)25-21-19(22(29)26-17-3-5-18(28)6-4-17)12-24-27-13-16(11-20(21)27)15-7-9-23-10-8-15/h7-14,17-18,25,28H,3-6H2,1-2H3,(H,26,29). The van der Waals surface area contributed by atoms with E-state index in [2.05, 4.69) is 20.7 Å². The summed E-state index contributed by atoms with van der Waals surface area (Å²) in [6.45, 7) is 4.10. The molecule has 1 aliphatic rings. The number of pyridine rings is 1. The normalized spacial score (nSPS) is 19.4. The Hall–Kier alpha value is -2.93. The Morgan fingerprint density at radius 2 is 1.90 bits per heavy atom. The molecule has 1 fully saturated rings. The van der Waals surface area contributed by atoms with E-state index in [0.29, 0.717) is 5.56 Å². The monoisotopic (exact) mass is 393 g/mol. The highest BCUT2D eigenvalue weighted by Gasteiger charge is 2.24. The second-order valence-electron chi connectivity index (χ2n) is 8.01. The smallest absolute Gasteiger partial charge is 0.255 e. The molecule has 7 nitrogen and oxygen atoms in total. The number of fused-ring (bicyclic) bond motifs is 1. The number of amides is 1. The Morgan fingerprint density at radius 1 is 1.17 bits per heavy atom. The maximum atomic E-state index is 13.0. The van der Waals surface area contributed by atoms with E-state index in [1.54, 1.807) is 23.1 Å². The molecular formula is C22H27N5O2. The number of anilines is 1. The summed E-state index contributed by atoms with van der Waals surface area (Å²) < 4.78 is 1.80. The van der Waals surface area contributed by atoms with Crippen molar-refractivity contribution in [1.29, 1.82) is 0 Å². The summed E-state index contributed by atoms with van der Waals surface area (Å²) in [6.07, 6.45) is 9.92. The molecule has 0 aliphatic heterocycles. The van der Waals surface area contributed by atoms with Crippen molar-refractivity contribution >= 4 is 17.1 Å². The van der Waals surface area contributed by atoms with Gasteiger partial charge in [-0.2, -0.15) is 5.10 Å². The van der Waals surface area contributed by atoms with Crippen molar-refractivity contribution in [1.82, 2.24) is 19.9 Å². The van der Waals surface area contributed by atoms with Gasteiger partial charge in [-0.1, -0.05) is 0 Å². The number of nitrogens with one attached hydrogen (secondary N) is 2. The molecule has 0 bridgehead atoms. The molecular weight excluding hydrogens is 366 g/mol. The van der Waals surface area contributed by atoms with Gasteiger partial charge in [-0.3, -0.25) is 9.78 Å². The largest absolute Gasteiger partial charge is 0.393 e. The lowest BCUT2D eigenvalue weighted by Crippen LogP contribution is -2.39. The Bertz CT molecular complexity index is 991. The van der Waals surface area contributed by atoms with Crippen LogP contribution in [0.15, 0.2) is 43.0 Å². The number of nitrogens with zero attached hydrogens (tertiary/aromatic N) is 3. The quantitative estimate of drug-likeness (QED) is 0.619. The minimum absolute atomic E-state index is 0.0909. The van der Waals surface area contributed by atoms with Crippen LogP contribution in [0.1, 0.15) is 49.9 Å². The fourth-order valence-electron chi connectivity index (χ4n) is 3.85. The highest BCUT2D eigenvalue weighted by atomic mass is 16.3. The van der Waals surface area contributed by atoms with Crippen molar-refractivity contribution in [3.63, 3.8) is 0 Å². The van der Waals surface area contributed by atoms with Crippen LogP contribution in [-0.4, -0.2) is 43.8 Å². The summed E-state index contributed by atoms with van der Waals surface area (Å²) in [4.78, 5) is 17.1. The predicted octanol–water partition coefficient (Wildman–Crippen LogP) is 3.25. The summed E-state index contributed by atoms with van der Waals surface area (Å²) in [5, 5.41) is 20.7. The molecule has 1 saturated carbocycles. The molecule has 7 heteroatoms. The van der Waals surface area contributed by atoms with Gasteiger partial charge in [0.25, 0.3) is 5.91 Å². The first kappa shape index (κ1) is 19.4. The lowest BCUT2D eigenvalue weighted by atomic mass is 9.93. The summed E-state index contributed by atoms with van der Waals surface area (Å²) in [5.74, 6) is -0.129. The first-order valence-electron chi connectivity index (χ1n) is 10.2. The fourth-order valence-corrected chi connectivity index (χ4v) is 3.85. The lowest BCUT2D eigenvalue weighted by molar-refractivity contribution is 0.0868. The third-order valence-corrected chi connectivity index (χ3v) is 5.36. The van der Waals surface area contributed by atoms with E-state index >= 15 is 0 Å². The highest BCUT2D eigenvalue weighted by molar-refractivity contribution is 6.03. The lowest BCUT2D eigenvalue weighted by Gasteiger charge is -2.26. The average Bonchev–Trinajstić information content (AvgIpc) is 3.15. The van der Waals surface area contributed by atoms with Gasteiger partial charge in [0.2, 0.25) is 0 Å². The topological polar surface area (TPSA) is 91.5 Å². The van der Waals surface area contributed by atoms with Gasteiger partial charge in [0, 0.05) is 36.2 Å². The number of rotatable bonds is 5. The maximum Gasteiger partial charge on any atom is 0.255 e. The van der Waals surface area contributed by atoms with Crippen LogP contribution in [0.5, 0.6) is 0 Å². The molecule has 3 aromatic heterocycles. The van der Waals surface area contributed by atoms with Gasteiger partial charge in [-0.05, 0) is 63.3 Å². The van der Waals surface area contributed by atoms with Crippen LogP contribution >= 0.6 is 0 Å². The molecule has 0 atom stereocenters. The van der Waals surface area contributed by atoms with Crippen LogP contribution in [0, 0.1) is 0 Å². The Morgan fingerprint density at radius 3 is 2.59 bits per heavy atom. The fraction of sp³-hybridized carbons (Fsp3) is 0.409. The van der Waals surface area contributed by atoms with Crippen LogP contribution < -0.4 is 10.6 Å². The number of carbonyl (C=O) groups excluding carboxylic acids is 1. The van der Waals surface area contributed by atoms with E-state index in [1.807, 2.05) is 38.2 Å². The molecule has 0 saturated heterocycles. The Labute approximate surface area is 170 Å². The first-order chi connectivity index (χ1) is 14.0. The number of aromatic nitrogens is 3. The van der Waals surface area contributed by atoms with Crippen LogP contribution in [0.25, 0.3) is 16.6 Å². The molecule has 0 spiro atoms. The van der Waals surface area contributed by atoms with E-state index in [-0.39, 0.29) is 24.1 Å². The van der Waals surface area contributed by atoms with Crippen LogP contribution in [-0.2, 0) is 0 Å². The molecule has 152 valence electrons. The number of hydrogen-bond donors (Lipinski definition) is 3. The third kappa shape index (κ3) is 4.24. The predicted molar refractivity (Wildman–Crippen MR) is 113 cm³/mol. The van der Waals surface area contributed by atoms with Gasteiger partial charge in [0.1, 0.15) is 0 Å². The summed E-state index contributed by atoms with van der Waals surface area (Å²) >= 11 is 0. The van der Waals surface area contributed by atoms with Crippen molar-refractivity contribution in [2.45, 2.75) is 57.7 Å². The summed E-state index contributed by atoms with van der Waals surface area (Å²) in [7, 11) is 0. The number of aliphatic hydroxyl groups is 1. The van der Waals surface area contributed by atoms with Crippen LogP contribution in [0.3, 0.4) is 0 Å². The highest BCUT2D eigenvalue weighted by Crippen LogP contribution is 2.29. The van der Waals surface area contributed by atoms with E-state index in [1.165, 1.54) is 0 Å². The van der Waals surface area contributed by atoms with E-state index in [0.717, 1.165) is 48.0 Å². The maximum absolute atomic E-state index is 13.0. The molecule has 1 aliphatic carbocycles. The molecule has 3 aromatic rings. The van der Waals surface area contributed by atoms with Crippen molar-refractivity contribution in [3.05, 3.63) is 48.5 Å². The summed E-state index contributed by atoms with van der Waals surface area (Å²) in [5.41, 5.74) is 4.25. The number of aliphatic hydroxyl groups excluding tert-OH is 1. The van der Waals surface area contributed by atoms with Crippen LogP contribution in [0.2, 0.25) is 0 Å². The summed E-state index contributed by atoms with van der Waals surface area (Å²) in [6, 6.07) is 6.20. The Kier molecular flexibility index (Phi) is 5.49. The van der Waals surface area contributed by atoms with Crippen molar-refractivity contribution in [3.8, 4) is 11.1 Å². The molecule has 4 rings (SSSR count). The second kappa shape index (κ2) is 8.21. The van der Waals surface area contributed by atoms with Crippen molar-refractivity contribution in [2.75, 3.05) is 5.32 Å². The van der Waals surface area contributed by atoms with E-state index in [4.69, 9.17) is 0 Å². The molecule has 0 unspecified atom stereocenters. The number of hydrogen-bond acceptors (Lipinski definition) is 5. The minimum atomic E-state index is -0.244. The minimum Gasteiger partial charge on any atom is -0.393 e. The molecule has 0 aromatic carbocycles. The average molecular weight is 393 g/mol. The van der Waals surface area contributed by atoms with Gasteiger partial charge in [-0.15, -0.1) is 0 Å². The zero-order valence-electron chi connectivity index (χ0n) is 16.8. The second-order valence-corrected chi connectivity index (χ2v) is 8.01. The molecule has 1 amide bonds. The SMILES string of the molecule is CC(C)Nc1c(C(=O)NC2CCC(O)CC2)cnn2cc(-c3ccncc3)cc12. The van der Waals surface area contributed by atoms with Crippen molar-refractivity contribution in [2.24, 2.45) is 0 Å². The van der Waals surface area contributed by atoms with Crippen molar-refractivity contribution < 1.29 is 9.90 Å². The molecule has 0 radical (unpaired) electrons. The number of carbonyl (C=O) groups is 1. The first-order valence-corrected chi connectivity index (χ1v) is 10.2. The van der Waals surface area contributed by atoms with E-state index in [9.17, 15) is 9.90 Å². The molecule has 3 N–H and O–H groups in total. The molecule has 29 heavy (non-hydrogen) atoms. The van der Waals surface area contributed by atoms with Crippen LogP contribution in [0.4, 0.5) is 5.69 Å². The van der Waals surface area contributed by atoms with Gasteiger partial charge in [0.15, 0.2) is 0 Å². The van der Waals surface area contributed by atoms with Gasteiger partial charge < -0.3 is 15.7 Å². The van der Waals surface area contributed by atoms with Gasteiger partial charge >= 0.3 is 0 Å². The zero-order valence-corrected chi connectivity index (χ0v) is 16.8. The van der Waals surface area contributed by atoms with Gasteiger partial charge in [0.05, 0.1) is 29.1 Å². The Balaban J connectivity index is 1.68.